The topological polar surface area (TPSA) is 72.9 Å². The Bertz CT molecular complexity index is 684. The summed E-state index contributed by atoms with van der Waals surface area (Å²) in [6.07, 6.45) is 1.72. The van der Waals surface area contributed by atoms with Crippen LogP contribution in [0.1, 0.15) is 38.1 Å². The fourth-order valence-electron chi connectivity index (χ4n) is 2.35. The van der Waals surface area contributed by atoms with Crippen molar-refractivity contribution in [3.8, 4) is 5.69 Å². The van der Waals surface area contributed by atoms with Crippen LogP contribution in [-0.2, 0) is 4.79 Å². The van der Waals surface area contributed by atoms with Crippen LogP contribution in [0.3, 0.4) is 0 Å². The van der Waals surface area contributed by atoms with Crippen molar-refractivity contribution < 1.29 is 9.18 Å². The standard InChI is InChI=1S/C17H23FN4O.ClH/c1-10(11(2)19)17(23)21-12(3)16-9-20-22(13(16)4)15-7-5-14(18)6-8-15;/h5-12H,19H2,1-4H3,(H,21,23);1H. The Labute approximate surface area is 147 Å². The van der Waals surface area contributed by atoms with Gasteiger partial charge in [0.05, 0.1) is 17.9 Å². The van der Waals surface area contributed by atoms with Crippen LogP contribution < -0.4 is 11.1 Å². The van der Waals surface area contributed by atoms with Crippen LogP contribution in [0.25, 0.3) is 5.69 Å². The van der Waals surface area contributed by atoms with Gasteiger partial charge < -0.3 is 11.1 Å². The third kappa shape index (κ3) is 4.33. The van der Waals surface area contributed by atoms with Crippen LogP contribution in [0.4, 0.5) is 4.39 Å². The van der Waals surface area contributed by atoms with E-state index < -0.39 is 0 Å². The van der Waals surface area contributed by atoms with E-state index >= 15 is 0 Å². The zero-order valence-electron chi connectivity index (χ0n) is 14.3. The first-order valence-corrected chi connectivity index (χ1v) is 7.67. The highest BCUT2D eigenvalue weighted by molar-refractivity contribution is 5.85. The normalized spacial score (nSPS) is 14.4. The first-order valence-electron chi connectivity index (χ1n) is 7.67. The molecule has 1 aromatic heterocycles. The second-order valence-corrected chi connectivity index (χ2v) is 5.95. The highest BCUT2D eigenvalue weighted by atomic mass is 35.5. The van der Waals surface area contributed by atoms with Gasteiger partial charge in [0.25, 0.3) is 0 Å². The van der Waals surface area contributed by atoms with E-state index in [0.717, 1.165) is 16.9 Å². The fourth-order valence-corrected chi connectivity index (χ4v) is 2.35. The molecule has 0 spiro atoms. The third-order valence-corrected chi connectivity index (χ3v) is 4.15. The molecule has 0 radical (unpaired) electrons. The van der Waals surface area contributed by atoms with E-state index in [0.29, 0.717) is 0 Å². The minimum atomic E-state index is -0.288. The van der Waals surface area contributed by atoms with Gasteiger partial charge in [-0.2, -0.15) is 5.10 Å². The predicted molar refractivity (Wildman–Crippen MR) is 94.9 cm³/mol. The summed E-state index contributed by atoms with van der Waals surface area (Å²) in [7, 11) is 0. The SMILES string of the molecule is Cc1c(C(C)NC(=O)C(C)C(C)N)cnn1-c1ccc(F)cc1.Cl. The molecule has 0 aliphatic heterocycles. The molecule has 0 aliphatic rings. The van der Waals surface area contributed by atoms with Gasteiger partial charge in [-0.25, -0.2) is 9.07 Å². The molecule has 0 saturated heterocycles. The van der Waals surface area contributed by atoms with Crippen LogP contribution in [-0.4, -0.2) is 21.7 Å². The monoisotopic (exact) mass is 354 g/mol. The minimum absolute atomic E-state index is 0. The summed E-state index contributed by atoms with van der Waals surface area (Å²) in [5.41, 5.74) is 8.36. The lowest BCUT2D eigenvalue weighted by Crippen LogP contribution is -2.39. The number of carbonyl (C=O) groups is 1. The van der Waals surface area contributed by atoms with Crippen LogP contribution >= 0.6 is 12.4 Å². The van der Waals surface area contributed by atoms with Crippen LogP contribution in [0.5, 0.6) is 0 Å². The van der Waals surface area contributed by atoms with E-state index in [1.807, 2.05) is 27.7 Å². The first kappa shape index (κ1) is 20.1. The third-order valence-electron chi connectivity index (χ3n) is 4.15. The van der Waals surface area contributed by atoms with Crippen molar-refractivity contribution >= 4 is 18.3 Å². The summed E-state index contributed by atoms with van der Waals surface area (Å²) in [6, 6.07) is 5.74. The van der Waals surface area contributed by atoms with Gasteiger partial charge in [-0.15, -0.1) is 12.4 Å². The smallest absolute Gasteiger partial charge is 0.224 e. The number of rotatable bonds is 5. The number of hydrogen-bond donors (Lipinski definition) is 2. The highest BCUT2D eigenvalue weighted by Gasteiger charge is 2.21. The van der Waals surface area contributed by atoms with Crippen molar-refractivity contribution in [2.45, 2.75) is 39.8 Å². The molecule has 24 heavy (non-hydrogen) atoms. The number of nitrogens with two attached hydrogens (primary N) is 1. The van der Waals surface area contributed by atoms with E-state index in [-0.39, 0.29) is 42.1 Å². The van der Waals surface area contributed by atoms with E-state index in [9.17, 15) is 9.18 Å². The van der Waals surface area contributed by atoms with Crippen molar-refractivity contribution in [2.24, 2.45) is 11.7 Å². The molecule has 3 atom stereocenters. The van der Waals surface area contributed by atoms with Gasteiger partial charge >= 0.3 is 0 Å². The van der Waals surface area contributed by atoms with Crippen molar-refractivity contribution in [1.29, 1.82) is 0 Å². The zero-order valence-corrected chi connectivity index (χ0v) is 15.1. The molecule has 1 aromatic carbocycles. The van der Waals surface area contributed by atoms with Gasteiger partial charge in [0.1, 0.15) is 5.82 Å². The Kier molecular flexibility index (Phi) is 6.93. The maximum Gasteiger partial charge on any atom is 0.224 e. The average molecular weight is 355 g/mol. The Morgan fingerprint density at radius 1 is 1.25 bits per heavy atom. The van der Waals surface area contributed by atoms with E-state index in [1.54, 1.807) is 23.0 Å². The first-order chi connectivity index (χ1) is 10.8. The summed E-state index contributed by atoms with van der Waals surface area (Å²) >= 11 is 0. The molecule has 0 fully saturated rings. The summed E-state index contributed by atoms with van der Waals surface area (Å²) in [6.45, 7) is 7.45. The number of nitrogens with zero attached hydrogens (tertiary/aromatic N) is 2. The Morgan fingerprint density at radius 3 is 2.38 bits per heavy atom. The molecule has 132 valence electrons. The second-order valence-electron chi connectivity index (χ2n) is 5.95. The Hall–Kier alpha value is -1.92. The predicted octanol–water partition coefficient (Wildman–Crippen LogP) is 2.90. The summed E-state index contributed by atoms with van der Waals surface area (Å²) in [5.74, 6) is -0.629. The van der Waals surface area contributed by atoms with Crippen molar-refractivity contribution in [3.63, 3.8) is 0 Å². The molecule has 2 aromatic rings. The van der Waals surface area contributed by atoms with Gasteiger partial charge in [0, 0.05) is 23.2 Å². The number of aromatic nitrogens is 2. The molecule has 0 aliphatic carbocycles. The number of benzene rings is 1. The van der Waals surface area contributed by atoms with Crippen LogP contribution in [0, 0.1) is 18.7 Å². The van der Waals surface area contributed by atoms with Crippen LogP contribution in [0.2, 0.25) is 0 Å². The second kappa shape index (κ2) is 8.26. The number of nitrogens with one attached hydrogen (secondary N) is 1. The van der Waals surface area contributed by atoms with E-state index in [1.165, 1.54) is 12.1 Å². The molecule has 5 nitrogen and oxygen atoms in total. The van der Waals surface area contributed by atoms with Gasteiger partial charge in [0.15, 0.2) is 0 Å². The summed E-state index contributed by atoms with van der Waals surface area (Å²) in [4.78, 5) is 12.1. The molecule has 7 heteroatoms. The summed E-state index contributed by atoms with van der Waals surface area (Å²) in [5, 5.41) is 7.30. The molecule has 0 saturated carbocycles. The largest absolute Gasteiger partial charge is 0.349 e. The lowest BCUT2D eigenvalue weighted by Gasteiger charge is -2.19. The molecule has 1 amide bonds. The molecular weight excluding hydrogens is 331 g/mol. The van der Waals surface area contributed by atoms with Crippen LogP contribution in [0.15, 0.2) is 30.5 Å². The van der Waals surface area contributed by atoms with Crippen molar-refractivity contribution in [2.75, 3.05) is 0 Å². The van der Waals surface area contributed by atoms with Crippen molar-refractivity contribution in [3.05, 3.63) is 47.5 Å². The van der Waals surface area contributed by atoms with Gasteiger partial charge in [-0.05, 0) is 45.0 Å². The maximum atomic E-state index is 13.0. The van der Waals surface area contributed by atoms with Crippen molar-refractivity contribution in [1.82, 2.24) is 15.1 Å². The number of hydrogen-bond acceptors (Lipinski definition) is 3. The molecule has 3 unspecified atom stereocenters. The Balaban J connectivity index is 0.00000288. The molecule has 1 heterocycles. The highest BCUT2D eigenvalue weighted by Crippen LogP contribution is 2.20. The lowest BCUT2D eigenvalue weighted by molar-refractivity contribution is -0.125. The number of halogens is 2. The lowest BCUT2D eigenvalue weighted by atomic mass is 10.0. The molecule has 2 rings (SSSR count). The quantitative estimate of drug-likeness (QED) is 0.867. The zero-order chi connectivity index (χ0) is 17.1. The van der Waals surface area contributed by atoms with Gasteiger partial charge in [0.2, 0.25) is 5.91 Å². The number of carbonyl (C=O) groups excluding carboxylic acids is 1. The van der Waals surface area contributed by atoms with E-state index in [2.05, 4.69) is 10.4 Å². The molecular formula is C17H24ClFN4O. The average Bonchev–Trinajstić information content (AvgIpc) is 2.88. The molecule has 3 N–H and O–H groups in total. The molecule has 0 bridgehead atoms. The number of amides is 1. The summed E-state index contributed by atoms with van der Waals surface area (Å²) < 4.78 is 14.8. The van der Waals surface area contributed by atoms with Gasteiger partial charge in [-0.3, -0.25) is 4.79 Å². The minimum Gasteiger partial charge on any atom is -0.349 e. The fraction of sp³-hybridized carbons (Fsp3) is 0.412. The van der Waals surface area contributed by atoms with E-state index in [4.69, 9.17) is 5.73 Å². The maximum absolute atomic E-state index is 13.0. The van der Waals surface area contributed by atoms with Gasteiger partial charge in [-0.1, -0.05) is 6.92 Å². The Morgan fingerprint density at radius 2 is 1.83 bits per heavy atom.